The maximum atomic E-state index is 5.95. The maximum absolute atomic E-state index is 5.95. The van der Waals surface area contributed by atoms with Gasteiger partial charge >= 0.3 is 0 Å². The Morgan fingerprint density at radius 3 is 2.32 bits per heavy atom. The van der Waals surface area contributed by atoms with E-state index in [0.717, 1.165) is 31.7 Å². The Hall–Kier alpha value is -1.06. The summed E-state index contributed by atoms with van der Waals surface area (Å²) in [6, 6.07) is 9.04. The van der Waals surface area contributed by atoms with Gasteiger partial charge in [-0.05, 0) is 63.4 Å². The minimum atomic E-state index is 0.421. The van der Waals surface area contributed by atoms with Crippen LogP contribution in [-0.2, 0) is 0 Å². The molecule has 0 unspecified atom stereocenters. The van der Waals surface area contributed by atoms with Gasteiger partial charge in [0.2, 0.25) is 0 Å². The van der Waals surface area contributed by atoms with Gasteiger partial charge in [-0.1, -0.05) is 12.1 Å². The van der Waals surface area contributed by atoms with Crippen molar-refractivity contribution in [1.82, 2.24) is 4.90 Å². The lowest BCUT2D eigenvalue weighted by molar-refractivity contribution is 0.261. The maximum Gasteiger partial charge on any atom is 0.119 e. The molecule has 0 bridgehead atoms. The molecular formula is C16H26N2O. The molecule has 0 heterocycles. The topological polar surface area (TPSA) is 38.5 Å². The van der Waals surface area contributed by atoms with Crippen LogP contribution in [0, 0.1) is 0 Å². The summed E-state index contributed by atoms with van der Waals surface area (Å²) in [6.45, 7) is 1.69. The Labute approximate surface area is 116 Å². The largest absolute Gasteiger partial charge is 0.492 e. The molecule has 1 aromatic carbocycles. The van der Waals surface area contributed by atoms with Crippen LogP contribution in [0.25, 0.3) is 0 Å². The van der Waals surface area contributed by atoms with E-state index < -0.39 is 0 Å². The monoisotopic (exact) mass is 262 g/mol. The molecule has 3 nitrogen and oxygen atoms in total. The van der Waals surface area contributed by atoms with E-state index in [-0.39, 0.29) is 0 Å². The Bertz CT molecular complexity index is 367. The standard InChI is InChI=1S/C16H26N2O/c1-18(2)11-12-19-16-9-5-14(6-10-16)13-3-7-15(17)8-4-13/h5-6,9-10,13,15H,3-4,7-8,11-12,17H2,1-2H3. The predicted molar refractivity (Wildman–Crippen MR) is 79.7 cm³/mol. The molecular weight excluding hydrogens is 236 g/mol. The second kappa shape index (κ2) is 6.92. The molecule has 0 radical (unpaired) electrons. The van der Waals surface area contributed by atoms with Crippen molar-refractivity contribution in [2.24, 2.45) is 5.73 Å². The molecule has 1 saturated carbocycles. The minimum absolute atomic E-state index is 0.421. The molecule has 0 spiro atoms. The van der Waals surface area contributed by atoms with Crippen molar-refractivity contribution in [1.29, 1.82) is 0 Å². The zero-order valence-electron chi connectivity index (χ0n) is 12.1. The molecule has 2 N–H and O–H groups in total. The van der Waals surface area contributed by atoms with Gasteiger partial charge in [0.15, 0.2) is 0 Å². The van der Waals surface area contributed by atoms with Crippen molar-refractivity contribution >= 4 is 0 Å². The predicted octanol–water partition coefficient (Wildman–Crippen LogP) is 2.61. The molecule has 0 saturated heterocycles. The molecule has 0 atom stereocenters. The number of hydrogen-bond donors (Lipinski definition) is 1. The van der Waals surface area contributed by atoms with Gasteiger partial charge in [-0.15, -0.1) is 0 Å². The van der Waals surface area contributed by atoms with Crippen molar-refractivity contribution in [2.45, 2.75) is 37.6 Å². The molecule has 0 aromatic heterocycles. The van der Waals surface area contributed by atoms with Crippen LogP contribution in [-0.4, -0.2) is 38.2 Å². The average Bonchev–Trinajstić information content (AvgIpc) is 2.40. The SMILES string of the molecule is CN(C)CCOc1ccc(C2CCC(N)CC2)cc1. The first-order valence-corrected chi connectivity index (χ1v) is 7.28. The Morgan fingerprint density at radius 2 is 1.74 bits per heavy atom. The van der Waals surface area contributed by atoms with E-state index in [1.165, 1.54) is 18.4 Å². The van der Waals surface area contributed by atoms with Gasteiger partial charge in [0.05, 0.1) is 0 Å². The first kappa shape index (κ1) is 14.4. The highest BCUT2D eigenvalue weighted by Gasteiger charge is 2.19. The minimum Gasteiger partial charge on any atom is -0.492 e. The molecule has 106 valence electrons. The fourth-order valence-corrected chi connectivity index (χ4v) is 2.63. The van der Waals surface area contributed by atoms with Gasteiger partial charge in [0.25, 0.3) is 0 Å². The fraction of sp³-hybridized carbons (Fsp3) is 0.625. The van der Waals surface area contributed by atoms with Gasteiger partial charge in [-0.3, -0.25) is 0 Å². The zero-order chi connectivity index (χ0) is 13.7. The number of benzene rings is 1. The number of nitrogens with two attached hydrogens (primary N) is 1. The lowest BCUT2D eigenvalue weighted by Crippen LogP contribution is -2.25. The molecule has 2 rings (SSSR count). The number of rotatable bonds is 5. The van der Waals surface area contributed by atoms with E-state index in [2.05, 4.69) is 43.3 Å². The third-order valence-corrected chi connectivity index (χ3v) is 3.93. The number of likely N-dealkylation sites (N-methyl/N-ethyl adjacent to an activating group) is 1. The number of nitrogens with zero attached hydrogens (tertiary/aromatic N) is 1. The molecule has 0 amide bonds. The first-order valence-electron chi connectivity index (χ1n) is 7.28. The highest BCUT2D eigenvalue weighted by molar-refractivity contribution is 5.29. The third-order valence-electron chi connectivity index (χ3n) is 3.93. The van der Waals surface area contributed by atoms with Crippen molar-refractivity contribution in [3.05, 3.63) is 29.8 Å². The van der Waals surface area contributed by atoms with Gasteiger partial charge < -0.3 is 15.4 Å². The van der Waals surface area contributed by atoms with Crippen LogP contribution in [0.15, 0.2) is 24.3 Å². The van der Waals surface area contributed by atoms with E-state index in [1.54, 1.807) is 0 Å². The molecule has 0 aliphatic heterocycles. The summed E-state index contributed by atoms with van der Waals surface area (Å²) >= 11 is 0. The lowest BCUT2D eigenvalue weighted by atomic mass is 9.82. The average molecular weight is 262 g/mol. The molecule has 1 aliphatic rings. The zero-order valence-corrected chi connectivity index (χ0v) is 12.1. The van der Waals surface area contributed by atoms with Gasteiger partial charge in [0.1, 0.15) is 12.4 Å². The Kier molecular flexibility index (Phi) is 5.23. The van der Waals surface area contributed by atoms with Crippen molar-refractivity contribution < 1.29 is 4.74 Å². The normalized spacial score (nSPS) is 23.6. The van der Waals surface area contributed by atoms with Crippen LogP contribution < -0.4 is 10.5 Å². The number of hydrogen-bond acceptors (Lipinski definition) is 3. The Morgan fingerprint density at radius 1 is 1.11 bits per heavy atom. The number of ether oxygens (including phenoxy) is 1. The van der Waals surface area contributed by atoms with Gasteiger partial charge in [0, 0.05) is 12.6 Å². The smallest absolute Gasteiger partial charge is 0.119 e. The molecule has 1 fully saturated rings. The third kappa shape index (κ3) is 4.51. The molecule has 1 aromatic rings. The van der Waals surface area contributed by atoms with Gasteiger partial charge in [-0.25, -0.2) is 0 Å². The van der Waals surface area contributed by atoms with Crippen LogP contribution in [0.3, 0.4) is 0 Å². The summed E-state index contributed by atoms with van der Waals surface area (Å²) in [6.07, 6.45) is 4.77. The van der Waals surface area contributed by atoms with Crippen LogP contribution in [0.4, 0.5) is 0 Å². The fourth-order valence-electron chi connectivity index (χ4n) is 2.63. The van der Waals surface area contributed by atoms with E-state index in [9.17, 15) is 0 Å². The van der Waals surface area contributed by atoms with E-state index >= 15 is 0 Å². The molecule has 3 heteroatoms. The van der Waals surface area contributed by atoms with E-state index in [0.29, 0.717) is 12.0 Å². The first-order chi connectivity index (χ1) is 9.15. The van der Waals surface area contributed by atoms with Crippen LogP contribution in [0.1, 0.15) is 37.2 Å². The van der Waals surface area contributed by atoms with Crippen LogP contribution in [0.5, 0.6) is 5.75 Å². The summed E-state index contributed by atoms with van der Waals surface area (Å²) in [7, 11) is 4.11. The highest BCUT2D eigenvalue weighted by atomic mass is 16.5. The summed E-state index contributed by atoms with van der Waals surface area (Å²) in [4.78, 5) is 2.12. The second-order valence-electron chi connectivity index (χ2n) is 5.83. The second-order valence-corrected chi connectivity index (χ2v) is 5.83. The highest BCUT2D eigenvalue weighted by Crippen LogP contribution is 2.32. The van der Waals surface area contributed by atoms with Crippen molar-refractivity contribution in [3.63, 3.8) is 0 Å². The quantitative estimate of drug-likeness (QED) is 0.886. The Balaban J connectivity index is 1.84. The van der Waals surface area contributed by atoms with E-state index in [1.807, 2.05) is 0 Å². The lowest BCUT2D eigenvalue weighted by Gasteiger charge is -2.26. The van der Waals surface area contributed by atoms with Crippen molar-refractivity contribution in [3.8, 4) is 5.75 Å². The summed E-state index contributed by atoms with van der Waals surface area (Å²) in [5.74, 6) is 1.66. The van der Waals surface area contributed by atoms with Crippen LogP contribution in [0.2, 0.25) is 0 Å². The summed E-state index contributed by atoms with van der Waals surface area (Å²) < 4.78 is 5.71. The summed E-state index contributed by atoms with van der Waals surface area (Å²) in [5, 5.41) is 0. The van der Waals surface area contributed by atoms with E-state index in [4.69, 9.17) is 10.5 Å². The summed E-state index contributed by atoms with van der Waals surface area (Å²) in [5.41, 5.74) is 7.39. The van der Waals surface area contributed by atoms with Crippen LogP contribution >= 0.6 is 0 Å². The molecule has 1 aliphatic carbocycles. The molecule has 19 heavy (non-hydrogen) atoms. The van der Waals surface area contributed by atoms with Crippen molar-refractivity contribution in [2.75, 3.05) is 27.2 Å². The van der Waals surface area contributed by atoms with Gasteiger partial charge in [-0.2, -0.15) is 0 Å².